The number of rotatable bonds is 4. The molecule has 16 heavy (non-hydrogen) atoms. The van der Waals surface area contributed by atoms with Gasteiger partial charge in [-0.15, -0.1) is 0 Å². The molecule has 2 aromatic rings. The Kier molecular flexibility index (Phi) is 3.36. The van der Waals surface area contributed by atoms with E-state index >= 15 is 0 Å². The van der Waals surface area contributed by atoms with E-state index in [1.54, 1.807) is 12.3 Å². The van der Waals surface area contributed by atoms with Crippen molar-refractivity contribution in [3.05, 3.63) is 42.6 Å². The molecule has 0 saturated carbocycles. The van der Waals surface area contributed by atoms with Gasteiger partial charge in [-0.3, -0.25) is 4.79 Å². The van der Waals surface area contributed by atoms with Gasteiger partial charge in [0.05, 0.1) is 10.8 Å². The van der Waals surface area contributed by atoms with Crippen molar-refractivity contribution in [2.75, 3.05) is 5.75 Å². The number of aryl methyl sites for hydroxylation is 1. The molecule has 0 aliphatic carbocycles. The first-order chi connectivity index (χ1) is 7.75. The summed E-state index contributed by atoms with van der Waals surface area (Å²) in [6.45, 7) is 0. The normalized spacial score (nSPS) is 10.3. The molecule has 2 heterocycles. The lowest BCUT2D eigenvalue weighted by Crippen LogP contribution is -2.01. The predicted molar refractivity (Wildman–Crippen MR) is 62.5 cm³/mol. The highest BCUT2D eigenvalue weighted by Crippen LogP contribution is 2.15. The van der Waals surface area contributed by atoms with E-state index in [-0.39, 0.29) is 5.78 Å². The molecule has 0 aromatic carbocycles. The number of hydrogen-bond acceptors (Lipinski definition) is 4. The van der Waals surface area contributed by atoms with Gasteiger partial charge in [-0.25, -0.2) is 9.97 Å². The van der Waals surface area contributed by atoms with Crippen molar-refractivity contribution in [3.8, 4) is 0 Å². The fraction of sp³-hybridized carbons (Fsp3) is 0.182. The van der Waals surface area contributed by atoms with Gasteiger partial charge in [-0.1, -0.05) is 11.8 Å². The number of aromatic nitrogens is 3. The van der Waals surface area contributed by atoms with Crippen LogP contribution < -0.4 is 0 Å². The average Bonchev–Trinajstić information content (AvgIpc) is 2.74. The number of carbonyl (C=O) groups excluding carboxylic acids is 1. The molecular formula is C11H11N3OS. The number of carbonyl (C=O) groups is 1. The Balaban J connectivity index is 1.94. The molecule has 2 aromatic heterocycles. The smallest absolute Gasteiger partial charge is 0.174 e. The fourth-order valence-electron chi connectivity index (χ4n) is 1.26. The molecule has 2 rings (SSSR count). The molecule has 4 nitrogen and oxygen atoms in total. The molecule has 0 aliphatic heterocycles. The van der Waals surface area contributed by atoms with Crippen molar-refractivity contribution >= 4 is 17.5 Å². The van der Waals surface area contributed by atoms with Gasteiger partial charge in [0, 0.05) is 31.2 Å². The minimum Gasteiger partial charge on any atom is -0.357 e. The summed E-state index contributed by atoms with van der Waals surface area (Å²) in [6.07, 6.45) is 6.84. The molecule has 0 unspecified atom stereocenters. The third-order valence-corrected chi connectivity index (χ3v) is 3.00. The van der Waals surface area contributed by atoms with E-state index in [2.05, 4.69) is 9.97 Å². The van der Waals surface area contributed by atoms with Crippen LogP contribution >= 0.6 is 11.8 Å². The zero-order valence-electron chi connectivity index (χ0n) is 8.83. The van der Waals surface area contributed by atoms with Gasteiger partial charge in [-0.2, -0.15) is 0 Å². The molecule has 0 radical (unpaired) electrons. The van der Waals surface area contributed by atoms with Gasteiger partial charge in [0.2, 0.25) is 0 Å². The van der Waals surface area contributed by atoms with Gasteiger partial charge in [0.25, 0.3) is 0 Å². The first-order valence-corrected chi connectivity index (χ1v) is 5.78. The van der Waals surface area contributed by atoms with E-state index in [1.807, 2.05) is 30.1 Å². The van der Waals surface area contributed by atoms with Crippen LogP contribution in [0.2, 0.25) is 0 Å². The van der Waals surface area contributed by atoms with E-state index in [1.165, 1.54) is 18.1 Å². The topological polar surface area (TPSA) is 47.8 Å². The van der Waals surface area contributed by atoms with Crippen LogP contribution in [0, 0.1) is 0 Å². The predicted octanol–water partition coefficient (Wildman–Crippen LogP) is 1.79. The van der Waals surface area contributed by atoms with Crippen molar-refractivity contribution in [1.29, 1.82) is 0 Å². The lowest BCUT2D eigenvalue weighted by Gasteiger charge is -1.98. The van der Waals surface area contributed by atoms with E-state index in [4.69, 9.17) is 0 Å². The quantitative estimate of drug-likeness (QED) is 0.459. The summed E-state index contributed by atoms with van der Waals surface area (Å²) in [6, 6.07) is 3.62. The molecule has 82 valence electrons. The van der Waals surface area contributed by atoms with E-state index < -0.39 is 0 Å². The largest absolute Gasteiger partial charge is 0.357 e. The van der Waals surface area contributed by atoms with Crippen molar-refractivity contribution in [3.63, 3.8) is 0 Å². The lowest BCUT2D eigenvalue weighted by molar-refractivity contribution is 0.102. The number of thioether (sulfide) groups is 1. The number of ketones is 1. The summed E-state index contributed by atoms with van der Waals surface area (Å²) in [5.41, 5.74) is 0.740. The van der Waals surface area contributed by atoms with Crippen LogP contribution in [0.5, 0.6) is 0 Å². The first kappa shape index (κ1) is 10.9. The second kappa shape index (κ2) is 4.94. The summed E-state index contributed by atoms with van der Waals surface area (Å²) in [5, 5.41) is 0.819. The molecule has 0 aliphatic rings. The average molecular weight is 233 g/mol. The summed E-state index contributed by atoms with van der Waals surface area (Å²) < 4.78 is 1.86. The first-order valence-electron chi connectivity index (χ1n) is 4.79. The van der Waals surface area contributed by atoms with E-state index in [9.17, 15) is 4.79 Å². The molecule has 0 saturated heterocycles. The lowest BCUT2D eigenvalue weighted by atomic mass is 10.2. The Morgan fingerprint density at radius 2 is 2.38 bits per heavy atom. The third-order valence-electron chi connectivity index (χ3n) is 2.06. The van der Waals surface area contributed by atoms with Crippen LogP contribution in [0.25, 0.3) is 0 Å². The van der Waals surface area contributed by atoms with Gasteiger partial charge in [0.1, 0.15) is 6.33 Å². The maximum atomic E-state index is 11.8. The summed E-state index contributed by atoms with van der Waals surface area (Å²) in [4.78, 5) is 19.6. The van der Waals surface area contributed by atoms with Crippen molar-refractivity contribution in [2.45, 2.75) is 5.03 Å². The monoisotopic (exact) mass is 233 g/mol. The van der Waals surface area contributed by atoms with Crippen LogP contribution in [0.1, 0.15) is 10.4 Å². The van der Waals surface area contributed by atoms with Crippen molar-refractivity contribution in [1.82, 2.24) is 14.5 Å². The molecule has 0 atom stereocenters. The molecule has 5 heteroatoms. The number of Topliss-reactive ketones (excluding diaryl/α,β-unsaturated/α-hetero) is 1. The molecule has 0 amide bonds. The van der Waals surface area contributed by atoms with Crippen LogP contribution in [0.4, 0.5) is 0 Å². The fourth-order valence-corrected chi connectivity index (χ4v) is 1.98. The Bertz CT molecular complexity index is 481. The van der Waals surface area contributed by atoms with Crippen molar-refractivity contribution in [2.24, 2.45) is 7.05 Å². The highest BCUT2D eigenvalue weighted by atomic mass is 32.2. The van der Waals surface area contributed by atoms with Crippen molar-refractivity contribution < 1.29 is 4.79 Å². The molecule has 0 bridgehead atoms. The van der Waals surface area contributed by atoms with E-state index in [0.717, 1.165) is 10.6 Å². The van der Waals surface area contributed by atoms with Crippen LogP contribution in [0.3, 0.4) is 0 Å². The van der Waals surface area contributed by atoms with Gasteiger partial charge < -0.3 is 4.57 Å². The maximum Gasteiger partial charge on any atom is 0.174 e. The maximum absolute atomic E-state index is 11.8. The number of nitrogens with zero attached hydrogens (tertiary/aromatic N) is 3. The van der Waals surface area contributed by atoms with Gasteiger partial charge >= 0.3 is 0 Å². The van der Waals surface area contributed by atoms with Crippen LogP contribution in [-0.4, -0.2) is 26.1 Å². The minimum absolute atomic E-state index is 0.115. The highest BCUT2D eigenvalue weighted by molar-refractivity contribution is 7.99. The van der Waals surface area contributed by atoms with Crippen LogP contribution in [0.15, 0.2) is 42.1 Å². The zero-order valence-corrected chi connectivity index (χ0v) is 9.65. The molecular weight excluding hydrogens is 222 g/mol. The Hall–Kier alpha value is -1.62. The number of hydrogen-bond donors (Lipinski definition) is 0. The molecule has 0 fully saturated rings. The summed E-state index contributed by atoms with van der Waals surface area (Å²) in [5.74, 6) is 0.519. The Morgan fingerprint density at radius 1 is 1.50 bits per heavy atom. The van der Waals surface area contributed by atoms with Gasteiger partial charge in [-0.05, 0) is 12.1 Å². The minimum atomic E-state index is 0.115. The molecule has 0 N–H and O–H groups in total. The standard InChI is InChI=1S/C11H11N3OS/c1-14-5-3-9(6-14)10(15)7-16-11-2-4-12-8-13-11/h2-6,8H,7H2,1H3. The SMILES string of the molecule is Cn1ccc(C(=O)CSc2ccncn2)c1. The zero-order chi connectivity index (χ0) is 11.4. The summed E-state index contributed by atoms with van der Waals surface area (Å²) in [7, 11) is 1.90. The second-order valence-corrected chi connectivity index (χ2v) is 4.32. The Morgan fingerprint density at radius 3 is 3.00 bits per heavy atom. The molecule has 0 spiro atoms. The highest BCUT2D eigenvalue weighted by Gasteiger charge is 2.07. The van der Waals surface area contributed by atoms with E-state index in [0.29, 0.717) is 5.75 Å². The Labute approximate surface area is 97.7 Å². The third kappa shape index (κ3) is 2.70. The summed E-state index contributed by atoms with van der Waals surface area (Å²) >= 11 is 1.42. The second-order valence-electron chi connectivity index (χ2n) is 3.33. The van der Waals surface area contributed by atoms with Gasteiger partial charge in [0.15, 0.2) is 5.78 Å². The van der Waals surface area contributed by atoms with Crippen LogP contribution in [-0.2, 0) is 7.05 Å².